The summed E-state index contributed by atoms with van der Waals surface area (Å²) >= 11 is 0. The van der Waals surface area contributed by atoms with Crippen molar-refractivity contribution in [2.45, 2.75) is 31.3 Å². The number of nitrogens with one attached hydrogen (secondary N) is 2. The standard InChI is InChI=1S/C20H19FN2O4/c1-20(19(26)27,14-6-8-15(21)9-7-14)23-18(25)13-4-2-12(3-5-13)17(24)22-16-10-11-16/h2-9,16H,10-11H2,1H3,(H,22,24)(H,23,25)(H,26,27). The van der Waals surface area contributed by atoms with Crippen molar-refractivity contribution < 1.29 is 23.9 Å². The van der Waals surface area contributed by atoms with Gasteiger partial charge in [-0.2, -0.15) is 0 Å². The monoisotopic (exact) mass is 370 g/mol. The van der Waals surface area contributed by atoms with Gasteiger partial charge < -0.3 is 15.7 Å². The number of halogens is 1. The summed E-state index contributed by atoms with van der Waals surface area (Å²) in [5, 5.41) is 14.9. The molecule has 1 fully saturated rings. The predicted octanol–water partition coefficient (Wildman–Crippen LogP) is 2.45. The van der Waals surface area contributed by atoms with Gasteiger partial charge in [-0.1, -0.05) is 12.1 Å². The quantitative estimate of drug-likeness (QED) is 0.728. The highest BCUT2D eigenvalue weighted by molar-refractivity contribution is 6.00. The van der Waals surface area contributed by atoms with E-state index in [-0.39, 0.29) is 23.1 Å². The molecule has 2 amide bonds. The molecule has 1 aliphatic carbocycles. The van der Waals surface area contributed by atoms with Gasteiger partial charge in [0.2, 0.25) is 0 Å². The fourth-order valence-electron chi connectivity index (χ4n) is 2.60. The Morgan fingerprint density at radius 2 is 1.48 bits per heavy atom. The van der Waals surface area contributed by atoms with E-state index in [1.54, 1.807) is 0 Å². The van der Waals surface area contributed by atoms with Gasteiger partial charge in [-0.25, -0.2) is 9.18 Å². The zero-order chi connectivity index (χ0) is 19.6. The summed E-state index contributed by atoms with van der Waals surface area (Å²) in [5.74, 6) is -2.59. The lowest BCUT2D eigenvalue weighted by molar-refractivity contribution is -0.144. The minimum Gasteiger partial charge on any atom is -0.479 e. The maximum atomic E-state index is 13.1. The molecular weight excluding hydrogens is 351 g/mol. The second kappa shape index (κ2) is 7.19. The van der Waals surface area contributed by atoms with Crippen LogP contribution in [0.5, 0.6) is 0 Å². The van der Waals surface area contributed by atoms with Crippen LogP contribution < -0.4 is 10.6 Å². The van der Waals surface area contributed by atoms with Crippen LogP contribution in [0.4, 0.5) is 4.39 Å². The Kier molecular flexibility index (Phi) is 4.94. The van der Waals surface area contributed by atoms with E-state index in [9.17, 15) is 23.9 Å². The highest BCUT2D eigenvalue weighted by Gasteiger charge is 2.37. The SMILES string of the molecule is CC(NC(=O)c1ccc(C(=O)NC2CC2)cc1)(C(=O)O)c1ccc(F)cc1. The first-order valence-electron chi connectivity index (χ1n) is 8.52. The smallest absolute Gasteiger partial charge is 0.333 e. The Balaban J connectivity index is 1.76. The molecule has 1 saturated carbocycles. The summed E-state index contributed by atoms with van der Waals surface area (Å²) in [5.41, 5.74) is -0.844. The van der Waals surface area contributed by atoms with Crippen molar-refractivity contribution in [3.8, 4) is 0 Å². The Morgan fingerprint density at radius 3 is 1.96 bits per heavy atom. The van der Waals surface area contributed by atoms with Crippen molar-refractivity contribution in [3.05, 3.63) is 71.0 Å². The third-order valence-electron chi connectivity index (χ3n) is 4.53. The normalized spacial score (nSPS) is 15.5. The number of carboxylic acids is 1. The Bertz CT molecular complexity index is 876. The number of hydrogen-bond donors (Lipinski definition) is 3. The van der Waals surface area contributed by atoms with Gasteiger partial charge in [0, 0.05) is 17.2 Å². The van der Waals surface area contributed by atoms with Crippen LogP contribution in [-0.2, 0) is 10.3 Å². The van der Waals surface area contributed by atoms with E-state index in [1.165, 1.54) is 43.3 Å². The van der Waals surface area contributed by atoms with Crippen LogP contribution in [0.25, 0.3) is 0 Å². The second-order valence-electron chi connectivity index (χ2n) is 6.72. The molecule has 6 nitrogen and oxygen atoms in total. The van der Waals surface area contributed by atoms with Crippen LogP contribution in [0.2, 0.25) is 0 Å². The number of rotatable bonds is 6. The number of carbonyl (C=O) groups is 3. The third kappa shape index (κ3) is 4.13. The lowest BCUT2D eigenvalue weighted by atomic mass is 9.91. The minimum absolute atomic E-state index is 0.203. The zero-order valence-electron chi connectivity index (χ0n) is 14.7. The third-order valence-corrected chi connectivity index (χ3v) is 4.53. The molecule has 3 rings (SSSR count). The summed E-state index contributed by atoms with van der Waals surface area (Å²) in [4.78, 5) is 36.3. The number of hydrogen-bond acceptors (Lipinski definition) is 3. The first-order chi connectivity index (χ1) is 12.8. The van der Waals surface area contributed by atoms with Gasteiger partial charge in [-0.15, -0.1) is 0 Å². The highest BCUT2D eigenvalue weighted by Crippen LogP contribution is 2.23. The first-order valence-corrected chi connectivity index (χ1v) is 8.52. The molecule has 0 radical (unpaired) electrons. The van der Waals surface area contributed by atoms with E-state index in [2.05, 4.69) is 10.6 Å². The average molecular weight is 370 g/mol. The minimum atomic E-state index is -1.73. The number of carbonyl (C=O) groups excluding carboxylic acids is 2. The van der Waals surface area contributed by atoms with E-state index in [0.29, 0.717) is 5.56 Å². The summed E-state index contributed by atoms with van der Waals surface area (Å²) in [6, 6.07) is 11.1. The van der Waals surface area contributed by atoms with Crippen molar-refractivity contribution in [1.29, 1.82) is 0 Å². The molecule has 0 heterocycles. The molecule has 1 aliphatic rings. The molecule has 1 unspecified atom stereocenters. The Hall–Kier alpha value is -3.22. The number of benzene rings is 2. The van der Waals surface area contributed by atoms with Crippen LogP contribution in [0.1, 0.15) is 46.0 Å². The molecule has 0 bridgehead atoms. The van der Waals surface area contributed by atoms with Gasteiger partial charge in [0.05, 0.1) is 0 Å². The van der Waals surface area contributed by atoms with Gasteiger partial charge in [-0.3, -0.25) is 9.59 Å². The lowest BCUT2D eigenvalue weighted by Crippen LogP contribution is -2.49. The van der Waals surface area contributed by atoms with Crippen molar-refractivity contribution >= 4 is 17.8 Å². The summed E-state index contributed by atoms with van der Waals surface area (Å²) in [6.07, 6.45) is 1.95. The number of carboxylic acid groups (broad SMARTS) is 1. The van der Waals surface area contributed by atoms with E-state index >= 15 is 0 Å². The average Bonchev–Trinajstić information content (AvgIpc) is 3.46. The molecule has 0 aromatic heterocycles. The Morgan fingerprint density at radius 1 is 0.963 bits per heavy atom. The highest BCUT2D eigenvalue weighted by atomic mass is 19.1. The van der Waals surface area contributed by atoms with Crippen molar-refractivity contribution in [3.63, 3.8) is 0 Å². The van der Waals surface area contributed by atoms with E-state index in [4.69, 9.17) is 0 Å². The fraction of sp³-hybridized carbons (Fsp3) is 0.250. The Labute approximate surface area is 155 Å². The van der Waals surface area contributed by atoms with E-state index in [1.807, 2.05) is 0 Å². The molecular formula is C20H19FN2O4. The summed E-state index contributed by atoms with van der Waals surface area (Å²) in [7, 11) is 0. The second-order valence-corrected chi connectivity index (χ2v) is 6.72. The molecule has 3 N–H and O–H groups in total. The van der Waals surface area contributed by atoms with Crippen molar-refractivity contribution in [1.82, 2.24) is 10.6 Å². The fourth-order valence-corrected chi connectivity index (χ4v) is 2.60. The largest absolute Gasteiger partial charge is 0.479 e. The van der Waals surface area contributed by atoms with Crippen LogP contribution in [-0.4, -0.2) is 28.9 Å². The molecule has 2 aromatic carbocycles. The van der Waals surface area contributed by atoms with Gasteiger partial charge in [0.25, 0.3) is 11.8 Å². The summed E-state index contributed by atoms with van der Waals surface area (Å²) in [6.45, 7) is 1.33. The van der Waals surface area contributed by atoms with Gasteiger partial charge in [0.15, 0.2) is 5.54 Å². The van der Waals surface area contributed by atoms with Gasteiger partial charge in [0.1, 0.15) is 5.82 Å². The lowest BCUT2D eigenvalue weighted by Gasteiger charge is -2.27. The molecule has 7 heteroatoms. The van der Waals surface area contributed by atoms with Crippen molar-refractivity contribution in [2.75, 3.05) is 0 Å². The number of amides is 2. The maximum Gasteiger partial charge on any atom is 0.333 e. The van der Waals surface area contributed by atoms with Crippen LogP contribution in [0.3, 0.4) is 0 Å². The molecule has 140 valence electrons. The number of aliphatic carboxylic acids is 1. The van der Waals surface area contributed by atoms with Gasteiger partial charge >= 0.3 is 5.97 Å². The molecule has 0 spiro atoms. The van der Waals surface area contributed by atoms with E-state index < -0.39 is 23.2 Å². The molecule has 1 atom stereocenters. The van der Waals surface area contributed by atoms with Crippen molar-refractivity contribution in [2.24, 2.45) is 0 Å². The molecule has 2 aromatic rings. The van der Waals surface area contributed by atoms with Gasteiger partial charge in [-0.05, 0) is 61.7 Å². The molecule has 0 aliphatic heterocycles. The van der Waals surface area contributed by atoms with Crippen LogP contribution >= 0.6 is 0 Å². The first kappa shape index (κ1) is 18.6. The molecule has 27 heavy (non-hydrogen) atoms. The topological polar surface area (TPSA) is 95.5 Å². The zero-order valence-corrected chi connectivity index (χ0v) is 14.7. The van der Waals surface area contributed by atoms with Crippen LogP contribution in [0.15, 0.2) is 48.5 Å². The van der Waals surface area contributed by atoms with E-state index in [0.717, 1.165) is 25.0 Å². The maximum absolute atomic E-state index is 13.1. The summed E-state index contributed by atoms with van der Waals surface area (Å²) < 4.78 is 13.1. The van der Waals surface area contributed by atoms with Crippen LogP contribution in [0, 0.1) is 5.82 Å². The molecule has 0 saturated heterocycles. The predicted molar refractivity (Wildman–Crippen MR) is 95.8 cm³/mol.